The van der Waals surface area contributed by atoms with Gasteiger partial charge in [-0.3, -0.25) is 4.79 Å². The molecule has 0 spiro atoms. The minimum absolute atomic E-state index is 0.143. The Hall–Kier alpha value is -1.82. The Morgan fingerprint density at radius 1 is 1.39 bits per heavy atom. The van der Waals surface area contributed by atoms with Crippen LogP contribution in [0.25, 0.3) is 0 Å². The first-order valence-corrected chi connectivity index (χ1v) is 6.16. The number of carbonyl (C=O) groups is 1. The molecule has 3 heteroatoms. The SMILES string of the molecule is CCC(C)(C)N(C)C(=O)C(C#N)c1ccccc1. The van der Waals surface area contributed by atoms with Gasteiger partial charge in [0.05, 0.1) is 6.07 Å². The van der Waals surface area contributed by atoms with Crippen LogP contribution in [0.15, 0.2) is 30.3 Å². The largest absolute Gasteiger partial charge is 0.339 e. The first-order chi connectivity index (χ1) is 8.44. The van der Waals surface area contributed by atoms with Crippen LogP contribution in [0.5, 0.6) is 0 Å². The van der Waals surface area contributed by atoms with Gasteiger partial charge in [-0.15, -0.1) is 0 Å². The van der Waals surface area contributed by atoms with Crippen molar-refractivity contribution >= 4 is 5.91 Å². The monoisotopic (exact) mass is 244 g/mol. The lowest BCUT2D eigenvalue weighted by molar-refractivity contribution is -0.135. The fraction of sp³-hybridized carbons (Fsp3) is 0.467. The van der Waals surface area contributed by atoms with Gasteiger partial charge in [0.25, 0.3) is 0 Å². The molecule has 18 heavy (non-hydrogen) atoms. The first kappa shape index (κ1) is 14.2. The van der Waals surface area contributed by atoms with Crippen LogP contribution >= 0.6 is 0 Å². The Labute approximate surface area is 109 Å². The third-order valence-electron chi connectivity index (χ3n) is 3.61. The first-order valence-electron chi connectivity index (χ1n) is 6.16. The number of benzene rings is 1. The number of rotatable bonds is 4. The van der Waals surface area contributed by atoms with Gasteiger partial charge in [0.2, 0.25) is 5.91 Å². The van der Waals surface area contributed by atoms with Crippen molar-refractivity contribution in [1.82, 2.24) is 4.90 Å². The van der Waals surface area contributed by atoms with Crippen LogP contribution in [0, 0.1) is 11.3 Å². The molecule has 0 N–H and O–H groups in total. The van der Waals surface area contributed by atoms with Gasteiger partial charge in [0.1, 0.15) is 5.92 Å². The Kier molecular flexibility index (Phi) is 4.49. The molecule has 1 unspecified atom stereocenters. The Morgan fingerprint density at radius 2 is 1.94 bits per heavy atom. The minimum Gasteiger partial charge on any atom is -0.339 e. The summed E-state index contributed by atoms with van der Waals surface area (Å²) in [5.41, 5.74) is 0.518. The predicted octanol–water partition coefficient (Wildman–Crippen LogP) is 2.94. The average Bonchev–Trinajstić information content (AvgIpc) is 2.39. The molecule has 96 valence electrons. The van der Waals surface area contributed by atoms with Gasteiger partial charge in [-0.25, -0.2) is 0 Å². The fourth-order valence-electron chi connectivity index (χ4n) is 1.65. The molecule has 0 aliphatic carbocycles. The summed E-state index contributed by atoms with van der Waals surface area (Å²) in [7, 11) is 1.76. The van der Waals surface area contributed by atoms with Crippen LogP contribution in [-0.4, -0.2) is 23.4 Å². The quantitative estimate of drug-likeness (QED) is 0.817. The number of carbonyl (C=O) groups excluding carboxylic acids is 1. The van der Waals surface area contributed by atoms with Crippen molar-refractivity contribution in [3.63, 3.8) is 0 Å². The van der Waals surface area contributed by atoms with E-state index in [4.69, 9.17) is 0 Å². The van der Waals surface area contributed by atoms with Crippen molar-refractivity contribution in [2.24, 2.45) is 0 Å². The summed E-state index contributed by atoms with van der Waals surface area (Å²) < 4.78 is 0. The van der Waals surface area contributed by atoms with Crippen molar-refractivity contribution in [2.45, 2.75) is 38.6 Å². The summed E-state index contributed by atoms with van der Waals surface area (Å²) >= 11 is 0. The van der Waals surface area contributed by atoms with Crippen molar-refractivity contribution in [1.29, 1.82) is 5.26 Å². The fourth-order valence-corrected chi connectivity index (χ4v) is 1.65. The molecule has 0 saturated heterocycles. The van der Waals surface area contributed by atoms with Crippen molar-refractivity contribution < 1.29 is 4.79 Å². The van der Waals surface area contributed by atoms with Gasteiger partial charge in [0.15, 0.2) is 0 Å². The lowest BCUT2D eigenvalue weighted by atomic mass is 9.94. The highest BCUT2D eigenvalue weighted by molar-refractivity contribution is 5.86. The van der Waals surface area contributed by atoms with E-state index in [0.29, 0.717) is 0 Å². The molecule has 1 aromatic carbocycles. The lowest BCUT2D eigenvalue weighted by Gasteiger charge is -2.36. The highest BCUT2D eigenvalue weighted by atomic mass is 16.2. The van der Waals surface area contributed by atoms with E-state index in [-0.39, 0.29) is 11.4 Å². The molecular weight excluding hydrogens is 224 g/mol. The molecule has 0 radical (unpaired) electrons. The number of hydrogen-bond acceptors (Lipinski definition) is 2. The van der Waals surface area contributed by atoms with E-state index in [1.165, 1.54) is 0 Å². The summed E-state index contributed by atoms with van der Waals surface area (Å²) in [6.45, 7) is 6.04. The zero-order valence-corrected chi connectivity index (χ0v) is 11.5. The lowest BCUT2D eigenvalue weighted by Crippen LogP contribution is -2.46. The van der Waals surface area contributed by atoms with Gasteiger partial charge >= 0.3 is 0 Å². The van der Waals surface area contributed by atoms with Gasteiger partial charge in [0, 0.05) is 12.6 Å². The van der Waals surface area contributed by atoms with Crippen LogP contribution in [-0.2, 0) is 4.79 Å². The summed E-state index contributed by atoms with van der Waals surface area (Å²) in [6, 6.07) is 11.3. The van der Waals surface area contributed by atoms with Gasteiger partial charge in [-0.2, -0.15) is 5.26 Å². The van der Waals surface area contributed by atoms with Crippen LogP contribution < -0.4 is 0 Å². The van der Waals surface area contributed by atoms with E-state index >= 15 is 0 Å². The van der Waals surface area contributed by atoms with Crippen LogP contribution in [0.4, 0.5) is 0 Å². The van der Waals surface area contributed by atoms with Gasteiger partial charge in [-0.1, -0.05) is 37.3 Å². The van der Waals surface area contributed by atoms with E-state index in [0.717, 1.165) is 12.0 Å². The number of amides is 1. The van der Waals surface area contributed by atoms with Crippen molar-refractivity contribution in [2.75, 3.05) is 7.05 Å². The topological polar surface area (TPSA) is 44.1 Å². The molecule has 0 aliphatic heterocycles. The zero-order valence-electron chi connectivity index (χ0n) is 11.5. The average molecular weight is 244 g/mol. The third kappa shape index (κ3) is 2.89. The van der Waals surface area contributed by atoms with Crippen LogP contribution in [0.2, 0.25) is 0 Å². The molecule has 0 saturated carbocycles. The highest BCUT2D eigenvalue weighted by Gasteiger charge is 2.31. The zero-order chi connectivity index (χ0) is 13.8. The number of hydrogen-bond donors (Lipinski definition) is 0. The molecule has 1 atom stereocenters. The summed E-state index contributed by atoms with van der Waals surface area (Å²) in [4.78, 5) is 14.1. The standard InChI is InChI=1S/C15H20N2O/c1-5-15(2,3)17(4)14(18)13(11-16)12-9-7-6-8-10-12/h6-10,13H,5H2,1-4H3. The summed E-state index contributed by atoms with van der Waals surface area (Å²) in [5, 5.41) is 9.24. The van der Waals surface area contributed by atoms with E-state index < -0.39 is 5.92 Å². The molecule has 0 aliphatic rings. The second-order valence-corrected chi connectivity index (χ2v) is 5.04. The Morgan fingerprint density at radius 3 is 2.39 bits per heavy atom. The molecule has 0 aromatic heterocycles. The van der Waals surface area contributed by atoms with Crippen LogP contribution in [0.1, 0.15) is 38.7 Å². The molecule has 3 nitrogen and oxygen atoms in total. The molecular formula is C15H20N2O. The van der Waals surface area contributed by atoms with E-state index in [9.17, 15) is 10.1 Å². The maximum Gasteiger partial charge on any atom is 0.244 e. The third-order valence-corrected chi connectivity index (χ3v) is 3.61. The number of nitriles is 1. The molecule has 1 aromatic rings. The summed E-state index contributed by atoms with van der Waals surface area (Å²) in [5.74, 6) is -0.863. The highest BCUT2D eigenvalue weighted by Crippen LogP contribution is 2.23. The Bertz CT molecular complexity index is 445. The second kappa shape index (κ2) is 5.68. The van der Waals surface area contributed by atoms with Gasteiger partial charge < -0.3 is 4.90 Å². The minimum atomic E-state index is -0.720. The number of nitrogens with zero attached hydrogens (tertiary/aromatic N) is 2. The van der Waals surface area contributed by atoms with Crippen LogP contribution in [0.3, 0.4) is 0 Å². The molecule has 0 bridgehead atoms. The second-order valence-electron chi connectivity index (χ2n) is 5.04. The summed E-state index contributed by atoms with van der Waals surface area (Å²) in [6.07, 6.45) is 0.849. The maximum absolute atomic E-state index is 12.4. The van der Waals surface area contributed by atoms with Gasteiger partial charge in [-0.05, 0) is 25.8 Å². The van der Waals surface area contributed by atoms with Crippen molar-refractivity contribution in [3.05, 3.63) is 35.9 Å². The van der Waals surface area contributed by atoms with E-state index in [2.05, 4.69) is 6.07 Å². The predicted molar refractivity (Wildman–Crippen MR) is 71.9 cm³/mol. The maximum atomic E-state index is 12.4. The van der Waals surface area contributed by atoms with Crippen molar-refractivity contribution in [3.8, 4) is 6.07 Å². The molecule has 0 heterocycles. The molecule has 1 amide bonds. The normalized spacial score (nSPS) is 12.6. The Balaban J connectivity index is 2.99. The van der Waals surface area contributed by atoms with E-state index in [1.807, 2.05) is 51.1 Å². The molecule has 1 rings (SSSR count). The smallest absolute Gasteiger partial charge is 0.244 e. The number of likely N-dealkylation sites (N-methyl/N-ethyl adjacent to an activating group) is 1. The van der Waals surface area contributed by atoms with E-state index in [1.54, 1.807) is 11.9 Å². The molecule has 0 fully saturated rings.